The van der Waals surface area contributed by atoms with Crippen molar-refractivity contribution in [2.45, 2.75) is 32.9 Å². The highest BCUT2D eigenvalue weighted by Crippen LogP contribution is 2.20. The van der Waals surface area contributed by atoms with Crippen molar-refractivity contribution in [1.82, 2.24) is 14.7 Å². The number of carbonyl (C=O) groups excluding carboxylic acids is 2. The zero-order valence-corrected chi connectivity index (χ0v) is 18.0. The van der Waals surface area contributed by atoms with E-state index in [0.29, 0.717) is 36.9 Å². The van der Waals surface area contributed by atoms with Crippen molar-refractivity contribution >= 4 is 17.5 Å². The lowest BCUT2D eigenvalue weighted by molar-refractivity contribution is 0.0683. The van der Waals surface area contributed by atoms with Gasteiger partial charge in [-0.3, -0.25) is 14.3 Å². The number of aromatic nitrogens is 2. The van der Waals surface area contributed by atoms with Gasteiger partial charge in [-0.2, -0.15) is 5.10 Å². The minimum atomic E-state index is -0.325. The molecular formula is C24H26N4O3. The molecule has 1 N–H and O–H groups in total. The van der Waals surface area contributed by atoms with Crippen LogP contribution in [0.15, 0.2) is 54.6 Å². The van der Waals surface area contributed by atoms with Crippen LogP contribution in [-0.4, -0.2) is 40.1 Å². The van der Waals surface area contributed by atoms with Gasteiger partial charge in [0.2, 0.25) is 0 Å². The molecule has 0 atom stereocenters. The second-order valence-electron chi connectivity index (χ2n) is 7.94. The highest BCUT2D eigenvalue weighted by Gasteiger charge is 2.28. The third kappa shape index (κ3) is 4.45. The number of carbonyl (C=O) groups is 2. The van der Waals surface area contributed by atoms with E-state index in [4.69, 9.17) is 4.74 Å². The van der Waals surface area contributed by atoms with E-state index in [1.54, 1.807) is 22.8 Å². The molecule has 0 spiro atoms. The first kappa shape index (κ1) is 20.7. The standard InChI is InChI=1S/C24H26N4O3/c1-16(2)18-6-8-19(9-7-18)25-23(29)21-14-22-24(30)27(12-13-28(22)26-21)15-17-4-10-20(31-3)11-5-17/h4-11,14,16H,12-13,15H2,1-3H3,(H,25,29). The number of amides is 2. The molecule has 31 heavy (non-hydrogen) atoms. The number of rotatable bonds is 6. The summed E-state index contributed by atoms with van der Waals surface area (Å²) in [5.74, 6) is 0.751. The number of anilines is 1. The monoisotopic (exact) mass is 418 g/mol. The number of nitrogens with one attached hydrogen (secondary N) is 1. The molecule has 1 aliphatic heterocycles. The fourth-order valence-electron chi connectivity index (χ4n) is 3.60. The van der Waals surface area contributed by atoms with E-state index in [9.17, 15) is 9.59 Å². The van der Waals surface area contributed by atoms with Crippen molar-refractivity contribution in [3.8, 4) is 5.75 Å². The molecule has 7 heteroatoms. The van der Waals surface area contributed by atoms with Crippen LogP contribution in [0.4, 0.5) is 5.69 Å². The maximum absolute atomic E-state index is 12.9. The van der Waals surface area contributed by atoms with E-state index in [1.807, 2.05) is 48.5 Å². The lowest BCUT2D eigenvalue weighted by Gasteiger charge is -2.27. The summed E-state index contributed by atoms with van der Waals surface area (Å²) in [7, 11) is 1.62. The summed E-state index contributed by atoms with van der Waals surface area (Å²) in [6, 6.07) is 17.0. The third-order valence-electron chi connectivity index (χ3n) is 5.47. The molecule has 0 aliphatic carbocycles. The molecule has 1 aliphatic rings. The Bertz CT molecular complexity index is 1090. The molecule has 7 nitrogen and oxygen atoms in total. The summed E-state index contributed by atoms with van der Waals surface area (Å²) >= 11 is 0. The number of hydrogen-bond acceptors (Lipinski definition) is 4. The Balaban J connectivity index is 1.45. The van der Waals surface area contributed by atoms with Crippen molar-refractivity contribution in [3.05, 3.63) is 77.1 Å². The largest absolute Gasteiger partial charge is 0.497 e. The van der Waals surface area contributed by atoms with Crippen molar-refractivity contribution in [2.24, 2.45) is 0 Å². The Morgan fingerprint density at radius 1 is 1.10 bits per heavy atom. The first-order valence-corrected chi connectivity index (χ1v) is 10.4. The van der Waals surface area contributed by atoms with Gasteiger partial charge >= 0.3 is 0 Å². The van der Waals surface area contributed by atoms with Crippen LogP contribution in [0.25, 0.3) is 0 Å². The second-order valence-corrected chi connectivity index (χ2v) is 7.94. The van der Waals surface area contributed by atoms with E-state index in [-0.39, 0.29) is 17.5 Å². The summed E-state index contributed by atoms with van der Waals surface area (Å²) < 4.78 is 6.80. The number of fused-ring (bicyclic) bond motifs is 1. The first-order chi connectivity index (χ1) is 14.9. The van der Waals surface area contributed by atoms with E-state index in [0.717, 1.165) is 11.3 Å². The lowest BCUT2D eigenvalue weighted by Crippen LogP contribution is -2.39. The molecule has 0 bridgehead atoms. The van der Waals surface area contributed by atoms with Crippen LogP contribution in [0, 0.1) is 0 Å². The van der Waals surface area contributed by atoms with Crippen molar-refractivity contribution in [3.63, 3.8) is 0 Å². The van der Waals surface area contributed by atoms with Crippen LogP contribution in [-0.2, 0) is 13.1 Å². The summed E-state index contributed by atoms with van der Waals surface area (Å²) in [4.78, 5) is 27.4. The first-order valence-electron chi connectivity index (χ1n) is 10.4. The maximum Gasteiger partial charge on any atom is 0.276 e. The van der Waals surface area contributed by atoms with Crippen LogP contribution in [0.5, 0.6) is 5.75 Å². The number of benzene rings is 2. The molecule has 4 rings (SSSR count). The van der Waals surface area contributed by atoms with Gasteiger partial charge in [0.1, 0.15) is 11.4 Å². The molecular weight excluding hydrogens is 392 g/mol. The van der Waals surface area contributed by atoms with Gasteiger partial charge in [0, 0.05) is 24.8 Å². The molecule has 160 valence electrons. The average molecular weight is 418 g/mol. The Kier molecular flexibility index (Phi) is 5.75. The number of methoxy groups -OCH3 is 1. The zero-order chi connectivity index (χ0) is 22.0. The molecule has 2 amide bonds. The van der Waals surface area contributed by atoms with E-state index < -0.39 is 0 Å². The highest BCUT2D eigenvalue weighted by atomic mass is 16.5. The summed E-state index contributed by atoms with van der Waals surface area (Å²) in [6.07, 6.45) is 0. The normalized spacial score (nSPS) is 13.3. The smallest absolute Gasteiger partial charge is 0.276 e. The Labute approximate surface area is 181 Å². The van der Waals surface area contributed by atoms with Gasteiger partial charge in [0.25, 0.3) is 11.8 Å². The predicted octanol–water partition coefficient (Wildman–Crippen LogP) is 3.92. The summed E-state index contributed by atoms with van der Waals surface area (Å²) in [6.45, 7) is 5.83. The molecule has 0 radical (unpaired) electrons. The van der Waals surface area contributed by atoms with Gasteiger partial charge in [-0.05, 0) is 41.3 Å². The van der Waals surface area contributed by atoms with E-state index in [2.05, 4.69) is 24.3 Å². The Morgan fingerprint density at radius 2 is 1.81 bits per heavy atom. The quantitative estimate of drug-likeness (QED) is 0.658. The fourth-order valence-corrected chi connectivity index (χ4v) is 3.60. The Morgan fingerprint density at radius 3 is 2.45 bits per heavy atom. The van der Waals surface area contributed by atoms with Crippen LogP contribution in [0.2, 0.25) is 0 Å². The SMILES string of the molecule is COc1ccc(CN2CCn3nc(C(=O)Nc4ccc(C(C)C)cc4)cc3C2=O)cc1. The fraction of sp³-hybridized carbons (Fsp3) is 0.292. The van der Waals surface area contributed by atoms with Crippen molar-refractivity contribution in [1.29, 1.82) is 0 Å². The molecule has 0 saturated heterocycles. The van der Waals surface area contributed by atoms with Gasteiger partial charge in [-0.25, -0.2) is 0 Å². The molecule has 2 heterocycles. The van der Waals surface area contributed by atoms with Crippen LogP contribution in [0.3, 0.4) is 0 Å². The van der Waals surface area contributed by atoms with Crippen molar-refractivity contribution < 1.29 is 14.3 Å². The van der Waals surface area contributed by atoms with Gasteiger partial charge < -0.3 is 15.0 Å². The topological polar surface area (TPSA) is 76.5 Å². The third-order valence-corrected chi connectivity index (χ3v) is 5.47. The van der Waals surface area contributed by atoms with Crippen LogP contribution >= 0.6 is 0 Å². The van der Waals surface area contributed by atoms with Crippen LogP contribution in [0.1, 0.15) is 51.9 Å². The number of hydrogen-bond donors (Lipinski definition) is 1. The molecule has 2 aromatic carbocycles. The maximum atomic E-state index is 12.9. The van der Waals surface area contributed by atoms with E-state index in [1.165, 1.54) is 5.56 Å². The van der Waals surface area contributed by atoms with Gasteiger partial charge in [0.05, 0.1) is 13.7 Å². The minimum absolute atomic E-state index is 0.130. The predicted molar refractivity (Wildman–Crippen MR) is 118 cm³/mol. The molecule has 0 unspecified atom stereocenters. The number of nitrogens with zero attached hydrogens (tertiary/aromatic N) is 3. The van der Waals surface area contributed by atoms with Gasteiger partial charge in [0.15, 0.2) is 5.69 Å². The molecule has 0 saturated carbocycles. The second kappa shape index (κ2) is 8.63. The highest BCUT2D eigenvalue weighted by molar-refractivity contribution is 6.04. The molecule has 0 fully saturated rings. The lowest BCUT2D eigenvalue weighted by atomic mass is 10.0. The zero-order valence-electron chi connectivity index (χ0n) is 18.0. The van der Waals surface area contributed by atoms with E-state index >= 15 is 0 Å². The molecule has 1 aromatic heterocycles. The summed E-state index contributed by atoms with van der Waals surface area (Å²) in [5, 5.41) is 7.21. The molecule has 3 aromatic rings. The number of ether oxygens (including phenoxy) is 1. The van der Waals surface area contributed by atoms with Gasteiger partial charge in [-0.15, -0.1) is 0 Å². The van der Waals surface area contributed by atoms with Gasteiger partial charge in [-0.1, -0.05) is 38.1 Å². The van der Waals surface area contributed by atoms with Crippen LogP contribution < -0.4 is 10.1 Å². The minimum Gasteiger partial charge on any atom is -0.497 e. The van der Waals surface area contributed by atoms with Crippen molar-refractivity contribution in [2.75, 3.05) is 19.0 Å². The summed E-state index contributed by atoms with van der Waals surface area (Å²) in [5.41, 5.74) is 3.60. The Hall–Kier alpha value is -3.61. The average Bonchev–Trinajstić information content (AvgIpc) is 3.22.